The maximum atomic E-state index is 9.16. The van der Waals surface area contributed by atoms with Crippen LogP contribution in [0, 0.1) is 0 Å². The van der Waals surface area contributed by atoms with Crippen LogP contribution in [0.1, 0.15) is 0 Å². The van der Waals surface area contributed by atoms with Crippen molar-refractivity contribution in [1.29, 1.82) is 0 Å². The Labute approximate surface area is 51.5 Å². The largest absolute Gasteiger partial charge is 2.00 e. The van der Waals surface area contributed by atoms with E-state index in [0.717, 1.165) is 0 Å². The zero-order chi connectivity index (χ0) is 4.50. The fraction of sp³-hybridized carbons (Fsp3) is 1.00. The second-order valence-electron chi connectivity index (χ2n) is 0.771. The van der Waals surface area contributed by atoms with E-state index in [-0.39, 0.29) is 19.5 Å². The third kappa shape index (κ3) is 91.8. The normalized spacial score (nSPS) is 9.83. The predicted octanol–water partition coefficient (Wildman–Crippen LogP) is -2.30. The molecule has 0 aliphatic rings. The first-order valence-corrected chi connectivity index (χ1v) is 5.17. The van der Waals surface area contributed by atoms with Gasteiger partial charge < -0.3 is 0 Å². The Hall–Kier alpha value is 0.902. The molecule has 0 aromatic heterocycles. The molecule has 0 amide bonds. The molecular formula is CH3AsO3Zn. The van der Waals surface area contributed by atoms with Crippen LogP contribution >= 0.6 is 0 Å². The molecule has 0 spiro atoms. The van der Waals surface area contributed by atoms with Crippen LogP contribution in [-0.4, -0.2) is 14.2 Å². The summed E-state index contributed by atoms with van der Waals surface area (Å²) in [5, 5.41) is 0. The van der Waals surface area contributed by atoms with Crippen LogP contribution in [0.4, 0.5) is 0 Å². The summed E-state index contributed by atoms with van der Waals surface area (Å²) in [6, 6.07) is 0. The van der Waals surface area contributed by atoms with Gasteiger partial charge in [0.05, 0.1) is 0 Å². The van der Waals surface area contributed by atoms with E-state index < -0.39 is 14.2 Å². The van der Waals surface area contributed by atoms with Gasteiger partial charge in [-0.3, -0.25) is 0 Å². The molecule has 0 saturated carbocycles. The summed E-state index contributed by atoms with van der Waals surface area (Å²) in [5.74, 6) is 0. The Bertz CT molecular complexity index is 56.9. The van der Waals surface area contributed by atoms with Crippen molar-refractivity contribution < 1.29 is 31.4 Å². The summed E-state index contributed by atoms with van der Waals surface area (Å²) in [7, 11) is 0. The molecule has 0 radical (unpaired) electrons. The van der Waals surface area contributed by atoms with Crippen LogP contribution < -0.4 is 8.19 Å². The molecule has 3 nitrogen and oxygen atoms in total. The molecule has 5 heteroatoms. The number of hydrogen-bond acceptors (Lipinski definition) is 3. The Morgan fingerprint density at radius 3 is 1.50 bits per heavy atom. The van der Waals surface area contributed by atoms with Gasteiger partial charge in [0.15, 0.2) is 0 Å². The zero-order valence-electron chi connectivity index (χ0n) is 3.38. The summed E-state index contributed by atoms with van der Waals surface area (Å²) in [6.07, 6.45) is 0. The minimum atomic E-state index is -4.62. The van der Waals surface area contributed by atoms with E-state index in [1.807, 2.05) is 0 Å². The van der Waals surface area contributed by atoms with Gasteiger partial charge in [-0.05, 0) is 0 Å². The molecule has 32 valence electrons. The second kappa shape index (κ2) is 2.98. The minimum absolute atomic E-state index is 0. The van der Waals surface area contributed by atoms with E-state index in [0.29, 0.717) is 5.71 Å². The Morgan fingerprint density at radius 2 is 1.50 bits per heavy atom. The summed E-state index contributed by atoms with van der Waals surface area (Å²) in [5.41, 5.74) is 0.693. The fourth-order valence-electron chi connectivity index (χ4n) is 0. The molecule has 0 aromatic rings. The van der Waals surface area contributed by atoms with Crippen LogP contribution in [0.15, 0.2) is 0 Å². The first-order chi connectivity index (χ1) is 2.00. The van der Waals surface area contributed by atoms with Crippen molar-refractivity contribution in [1.82, 2.24) is 0 Å². The van der Waals surface area contributed by atoms with Crippen molar-refractivity contribution in [2.45, 2.75) is 5.71 Å². The van der Waals surface area contributed by atoms with Crippen LogP contribution in [0.25, 0.3) is 0 Å². The number of hydrogen-bond donors (Lipinski definition) is 0. The molecule has 0 heterocycles. The summed E-state index contributed by atoms with van der Waals surface area (Å²) in [4.78, 5) is 0. The minimum Gasteiger partial charge on any atom is 2.00 e. The van der Waals surface area contributed by atoms with Crippen molar-refractivity contribution in [3.63, 3.8) is 0 Å². The Kier molecular flexibility index (Phi) is 4.96. The van der Waals surface area contributed by atoms with E-state index in [2.05, 4.69) is 0 Å². The standard InChI is InChI=1S/CH5AsO3.Zn/c1-2(3,4)5;/h1H3,(H2,3,4,5);/q;+2/p-2. The molecule has 0 bridgehead atoms. The molecule has 0 aromatic carbocycles. The third-order valence-electron chi connectivity index (χ3n) is 0. The summed E-state index contributed by atoms with van der Waals surface area (Å²) >= 11 is -4.62. The van der Waals surface area contributed by atoms with Crippen LogP contribution in [0.5, 0.6) is 0 Å². The van der Waals surface area contributed by atoms with Gasteiger partial charge in [-0.2, -0.15) is 0 Å². The Balaban J connectivity index is 0. The molecule has 0 fully saturated rings. The average molecular weight is 203 g/mol. The van der Waals surface area contributed by atoms with E-state index in [1.165, 1.54) is 0 Å². The molecule has 0 saturated heterocycles. The molecule has 0 unspecified atom stereocenters. The average Bonchev–Trinajstić information content (AvgIpc) is 0.722. The smallest absolute Gasteiger partial charge is 2.00 e. The molecule has 0 rings (SSSR count). The van der Waals surface area contributed by atoms with E-state index in [4.69, 9.17) is 11.9 Å². The Morgan fingerprint density at radius 1 is 1.50 bits per heavy atom. The van der Waals surface area contributed by atoms with Gasteiger partial charge in [0, 0.05) is 0 Å². The monoisotopic (exact) mass is 202 g/mol. The maximum absolute atomic E-state index is 9.16. The van der Waals surface area contributed by atoms with Crippen molar-refractivity contribution in [2.24, 2.45) is 0 Å². The van der Waals surface area contributed by atoms with Gasteiger partial charge in [0.2, 0.25) is 0 Å². The van der Waals surface area contributed by atoms with Gasteiger partial charge in [-0.25, -0.2) is 0 Å². The van der Waals surface area contributed by atoms with Crippen molar-refractivity contribution >= 4 is 14.2 Å². The van der Waals surface area contributed by atoms with Crippen LogP contribution in [0.3, 0.4) is 0 Å². The molecule has 0 atom stereocenters. The second-order valence-corrected chi connectivity index (χ2v) is 4.01. The topological polar surface area (TPSA) is 63.2 Å². The maximum Gasteiger partial charge on any atom is 2.00 e. The van der Waals surface area contributed by atoms with Crippen LogP contribution in [-0.2, 0) is 23.2 Å². The fourth-order valence-corrected chi connectivity index (χ4v) is 0. The van der Waals surface area contributed by atoms with Gasteiger partial charge in [-0.1, -0.05) is 0 Å². The van der Waals surface area contributed by atoms with Crippen molar-refractivity contribution in [2.75, 3.05) is 0 Å². The van der Waals surface area contributed by atoms with Gasteiger partial charge in [0.25, 0.3) is 0 Å². The van der Waals surface area contributed by atoms with Gasteiger partial charge in [0.1, 0.15) is 0 Å². The molecule has 0 N–H and O–H groups in total. The SMILES string of the molecule is C[As](=O)([O-])[O-].[Zn+2]. The van der Waals surface area contributed by atoms with Crippen molar-refractivity contribution in [3.05, 3.63) is 0 Å². The molecule has 0 aliphatic heterocycles. The summed E-state index contributed by atoms with van der Waals surface area (Å²) < 4.78 is 27.5. The molecule has 6 heavy (non-hydrogen) atoms. The predicted molar refractivity (Wildman–Crippen MR) is 12.3 cm³/mol. The first kappa shape index (κ1) is 10.0. The van der Waals surface area contributed by atoms with Crippen LogP contribution in [0.2, 0.25) is 5.71 Å². The zero-order valence-corrected chi connectivity index (χ0v) is 8.22. The van der Waals surface area contributed by atoms with Gasteiger partial charge in [-0.15, -0.1) is 0 Å². The quantitative estimate of drug-likeness (QED) is 0.416. The van der Waals surface area contributed by atoms with E-state index >= 15 is 0 Å². The summed E-state index contributed by atoms with van der Waals surface area (Å²) in [6.45, 7) is 0. The molecule has 0 aliphatic carbocycles. The number of rotatable bonds is 0. The van der Waals surface area contributed by atoms with Gasteiger partial charge >= 0.3 is 51.3 Å². The van der Waals surface area contributed by atoms with Crippen molar-refractivity contribution in [3.8, 4) is 0 Å². The van der Waals surface area contributed by atoms with E-state index in [9.17, 15) is 0 Å². The third-order valence-corrected chi connectivity index (χ3v) is 0. The molecular weight excluding hydrogens is 200 g/mol. The van der Waals surface area contributed by atoms with E-state index in [1.54, 1.807) is 0 Å². The first-order valence-electron chi connectivity index (χ1n) is 0.995.